The molecule has 8 heteroatoms. The van der Waals surface area contributed by atoms with Crippen molar-refractivity contribution in [2.24, 2.45) is 11.8 Å². The zero-order valence-electron chi connectivity index (χ0n) is 20.6. The summed E-state index contributed by atoms with van der Waals surface area (Å²) in [5, 5.41) is 19.0. The number of amides is 2. The Morgan fingerprint density at radius 3 is 2.69 bits per heavy atom. The van der Waals surface area contributed by atoms with Crippen LogP contribution in [0.2, 0.25) is 0 Å². The minimum atomic E-state index is -1.12. The first-order valence-corrected chi connectivity index (χ1v) is 12.6. The highest BCUT2D eigenvalue weighted by molar-refractivity contribution is 6.05. The van der Waals surface area contributed by atoms with Gasteiger partial charge in [0.25, 0.3) is 5.91 Å². The lowest BCUT2D eigenvalue weighted by Gasteiger charge is -2.37. The molecule has 0 radical (unpaired) electrons. The van der Waals surface area contributed by atoms with Crippen LogP contribution in [0.15, 0.2) is 30.9 Å². The van der Waals surface area contributed by atoms with Crippen LogP contribution in [0, 0.1) is 25.7 Å². The number of carboxylic acids is 1. The van der Waals surface area contributed by atoms with E-state index in [1.807, 2.05) is 32.0 Å². The van der Waals surface area contributed by atoms with Gasteiger partial charge < -0.3 is 24.7 Å². The molecule has 190 valence electrons. The second-order valence-corrected chi connectivity index (χ2v) is 10.1. The summed E-state index contributed by atoms with van der Waals surface area (Å²) in [6.07, 6.45) is 5.13. The smallest absolute Gasteiger partial charge is 0.310 e. The van der Waals surface area contributed by atoms with E-state index in [1.54, 1.807) is 15.9 Å². The molecular weight excluding hydrogens is 448 g/mol. The Hall–Kier alpha value is -2.71. The summed E-state index contributed by atoms with van der Waals surface area (Å²) in [7, 11) is 0. The van der Waals surface area contributed by atoms with Gasteiger partial charge in [-0.15, -0.1) is 6.58 Å². The number of likely N-dealkylation sites (tertiary alicyclic amines) is 1. The molecule has 0 aliphatic carbocycles. The normalized spacial score (nSPS) is 28.9. The van der Waals surface area contributed by atoms with Crippen molar-refractivity contribution in [2.45, 2.75) is 70.1 Å². The number of carbonyl (C=O) groups excluding carboxylic acids is 2. The average molecular weight is 485 g/mol. The number of nitrogens with zero attached hydrogens (tertiary/aromatic N) is 2. The summed E-state index contributed by atoms with van der Waals surface area (Å²) in [4.78, 5) is 43.4. The molecule has 3 aliphatic heterocycles. The summed E-state index contributed by atoms with van der Waals surface area (Å²) in [6.45, 7) is 8.49. The monoisotopic (exact) mass is 484 g/mol. The van der Waals surface area contributed by atoms with Gasteiger partial charge in [-0.3, -0.25) is 14.4 Å². The van der Waals surface area contributed by atoms with Gasteiger partial charge in [0, 0.05) is 25.4 Å². The Kier molecular flexibility index (Phi) is 7.33. The van der Waals surface area contributed by atoms with E-state index in [1.165, 1.54) is 0 Å². The first-order valence-electron chi connectivity index (χ1n) is 12.6. The highest BCUT2D eigenvalue weighted by atomic mass is 16.5. The lowest BCUT2D eigenvalue weighted by atomic mass is 9.70. The van der Waals surface area contributed by atoms with Crippen LogP contribution in [0.25, 0.3) is 0 Å². The Bertz CT molecular complexity index is 1010. The van der Waals surface area contributed by atoms with Gasteiger partial charge in [-0.25, -0.2) is 0 Å². The van der Waals surface area contributed by atoms with Crippen molar-refractivity contribution in [3.63, 3.8) is 0 Å². The predicted octanol–water partition coefficient (Wildman–Crippen LogP) is 2.83. The van der Waals surface area contributed by atoms with Crippen molar-refractivity contribution in [2.75, 3.05) is 24.6 Å². The molecule has 35 heavy (non-hydrogen) atoms. The van der Waals surface area contributed by atoms with E-state index < -0.39 is 35.6 Å². The number of carboxylic acid groups (broad SMARTS) is 1. The summed E-state index contributed by atoms with van der Waals surface area (Å²) in [6, 6.07) is 5.02. The zero-order valence-corrected chi connectivity index (χ0v) is 20.6. The largest absolute Gasteiger partial charge is 0.481 e. The topological polar surface area (TPSA) is 107 Å². The molecule has 8 nitrogen and oxygen atoms in total. The van der Waals surface area contributed by atoms with E-state index in [-0.39, 0.29) is 25.0 Å². The van der Waals surface area contributed by atoms with Gasteiger partial charge in [-0.05, 0) is 56.7 Å². The molecule has 0 saturated carbocycles. The van der Waals surface area contributed by atoms with E-state index >= 15 is 0 Å². The Morgan fingerprint density at radius 1 is 1.26 bits per heavy atom. The molecule has 1 aromatic rings. The van der Waals surface area contributed by atoms with Crippen LogP contribution in [0.4, 0.5) is 5.69 Å². The number of benzene rings is 1. The molecular formula is C27H36N2O6. The maximum absolute atomic E-state index is 14.3. The fraction of sp³-hybridized carbons (Fsp3) is 0.593. The third-order valence-electron chi connectivity index (χ3n) is 7.86. The SMILES string of the molecule is C=CCN(C(=O)C1N(CCCCCCO)C(=O)[C@@H]2[C@H](C(=O)O)[C@@H]3CCC12O3)c1cc(C)ccc1C. The number of aliphatic carboxylic acids is 1. The van der Waals surface area contributed by atoms with Gasteiger partial charge >= 0.3 is 5.97 Å². The Balaban J connectivity index is 1.72. The van der Waals surface area contributed by atoms with Crippen LogP contribution in [0.1, 0.15) is 49.7 Å². The summed E-state index contributed by atoms with van der Waals surface area (Å²) >= 11 is 0. The summed E-state index contributed by atoms with van der Waals surface area (Å²) < 4.78 is 6.31. The first kappa shape index (κ1) is 25.4. The minimum Gasteiger partial charge on any atom is -0.481 e. The third kappa shape index (κ3) is 4.27. The molecule has 0 aromatic heterocycles. The summed E-state index contributed by atoms with van der Waals surface area (Å²) in [5.41, 5.74) is 1.58. The van der Waals surface area contributed by atoms with E-state index in [0.717, 1.165) is 29.7 Å². The van der Waals surface area contributed by atoms with Crippen LogP contribution in [0.3, 0.4) is 0 Å². The molecule has 5 atom stereocenters. The molecule has 1 spiro atoms. The molecule has 4 rings (SSSR count). The van der Waals surface area contributed by atoms with E-state index in [2.05, 4.69) is 6.58 Å². The molecule has 1 aromatic carbocycles. The number of rotatable bonds is 11. The second-order valence-electron chi connectivity index (χ2n) is 10.1. The van der Waals surface area contributed by atoms with Crippen molar-refractivity contribution in [3.8, 4) is 0 Å². The lowest BCUT2D eigenvalue weighted by molar-refractivity contribution is -0.149. The van der Waals surface area contributed by atoms with Crippen LogP contribution in [0.5, 0.6) is 0 Å². The molecule has 2 N–H and O–H groups in total. The van der Waals surface area contributed by atoms with Crippen molar-refractivity contribution in [1.82, 2.24) is 4.90 Å². The molecule has 3 aliphatic rings. The van der Waals surface area contributed by atoms with Gasteiger partial charge in [0.15, 0.2) is 0 Å². The molecule has 3 fully saturated rings. The zero-order chi connectivity index (χ0) is 25.3. The lowest BCUT2D eigenvalue weighted by Crippen LogP contribution is -2.56. The van der Waals surface area contributed by atoms with Gasteiger partial charge in [-0.1, -0.05) is 31.1 Å². The number of carbonyl (C=O) groups is 3. The molecule has 2 unspecified atom stereocenters. The number of ether oxygens (including phenoxy) is 1. The number of fused-ring (bicyclic) bond motifs is 1. The first-order chi connectivity index (χ1) is 16.8. The standard InChI is InChI=1S/C27H36N2O6/c1-4-13-28(19-16-17(2)9-10-18(19)3)25(32)23-27-12-11-20(35-27)21(26(33)34)22(27)24(31)29(23)14-7-5-6-8-15-30/h4,9-10,16,20-23,30H,1,5-8,11-15H2,2-3H3,(H,33,34)/t20-,21+,22-,23?,27?/m0/s1. The molecule has 2 amide bonds. The predicted molar refractivity (Wildman–Crippen MR) is 131 cm³/mol. The fourth-order valence-electron chi connectivity index (χ4n) is 6.30. The van der Waals surface area contributed by atoms with Crippen molar-refractivity contribution in [3.05, 3.63) is 42.0 Å². The van der Waals surface area contributed by atoms with Crippen LogP contribution in [-0.2, 0) is 19.1 Å². The Labute approximate surface area is 206 Å². The van der Waals surface area contributed by atoms with E-state index in [4.69, 9.17) is 9.84 Å². The van der Waals surface area contributed by atoms with Gasteiger partial charge in [0.1, 0.15) is 11.6 Å². The Morgan fingerprint density at radius 2 is 2.00 bits per heavy atom. The van der Waals surface area contributed by atoms with Gasteiger partial charge in [-0.2, -0.15) is 0 Å². The van der Waals surface area contributed by atoms with Crippen LogP contribution in [-0.4, -0.2) is 70.3 Å². The molecule has 3 heterocycles. The van der Waals surface area contributed by atoms with E-state index in [0.29, 0.717) is 32.2 Å². The van der Waals surface area contributed by atoms with Crippen molar-refractivity contribution < 1.29 is 29.3 Å². The fourth-order valence-corrected chi connectivity index (χ4v) is 6.30. The van der Waals surface area contributed by atoms with Crippen LogP contribution >= 0.6 is 0 Å². The number of hydrogen-bond acceptors (Lipinski definition) is 5. The number of hydrogen-bond donors (Lipinski definition) is 2. The highest BCUT2D eigenvalue weighted by Gasteiger charge is 2.74. The number of anilines is 1. The van der Waals surface area contributed by atoms with Crippen LogP contribution < -0.4 is 4.90 Å². The third-order valence-corrected chi connectivity index (χ3v) is 7.86. The van der Waals surface area contributed by atoms with Crippen molar-refractivity contribution >= 4 is 23.5 Å². The number of aliphatic hydroxyl groups excluding tert-OH is 1. The molecule has 3 saturated heterocycles. The maximum atomic E-state index is 14.3. The maximum Gasteiger partial charge on any atom is 0.310 e. The van der Waals surface area contributed by atoms with Gasteiger partial charge in [0.2, 0.25) is 5.91 Å². The van der Waals surface area contributed by atoms with Crippen molar-refractivity contribution in [1.29, 1.82) is 0 Å². The number of aliphatic hydroxyl groups is 1. The minimum absolute atomic E-state index is 0.122. The quantitative estimate of drug-likeness (QED) is 0.369. The van der Waals surface area contributed by atoms with E-state index in [9.17, 15) is 19.5 Å². The summed E-state index contributed by atoms with van der Waals surface area (Å²) in [5.74, 6) is -3.37. The number of aryl methyl sites for hydroxylation is 2. The number of unbranched alkanes of at least 4 members (excludes halogenated alkanes) is 3. The second kappa shape index (κ2) is 10.1. The molecule has 2 bridgehead atoms. The average Bonchev–Trinajstić information content (AvgIpc) is 3.46. The highest BCUT2D eigenvalue weighted by Crippen LogP contribution is 2.58. The van der Waals surface area contributed by atoms with Gasteiger partial charge in [0.05, 0.1) is 17.9 Å².